The van der Waals surface area contributed by atoms with Crippen LogP contribution in [0, 0.1) is 5.41 Å². The summed E-state index contributed by atoms with van der Waals surface area (Å²) >= 11 is 0. The molecule has 2 N–H and O–H groups in total. The number of hydrogen-bond donors (Lipinski definition) is 1. The lowest BCUT2D eigenvalue weighted by molar-refractivity contribution is -0.131. The topological polar surface area (TPSA) is 43.1 Å². The molecule has 2 nitrogen and oxygen atoms in total. The van der Waals surface area contributed by atoms with E-state index in [1.165, 1.54) is 0 Å². The molecule has 1 fully saturated rings. The quantitative estimate of drug-likeness (QED) is 0.785. The molecule has 1 unspecified atom stereocenters. The number of rotatable bonds is 1. The van der Waals surface area contributed by atoms with Gasteiger partial charge in [-0.2, -0.15) is 0 Å². The van der Waals surface area contributed by atoms with E-state index in [-0.39, 0.29) is 11.0 Å². The first-order valence-corrected chi connectivity index (χ1v) is 5.82. The summed E-state index contributed by atoms with van der Waals surface area (Å²) in [7, 11) is 0. The number of nitrogens with two attached hydrogens (primary N) is 1. The summed E-state index contributed by atoms with van der Waals surface area (Å²) < 4.78 is 0. The summed E-state index contributed by atoms with van der Waals surface area (Å²) in [6.07, 6.45) is 2.10. The molecule has 0 saturated heterocycles. The Bertz CT molecular complexity index is 396. The van der Waals surface area contributed by atoms with Crippen LogP contribution in [0.2, 0.25) is 0 Å². The fraction of sp³-hybridized carbons (Fsp3) is 0.500. The van der Waals surface area contributed by atoms with Gasteiger partial charge in [0.2, 0.25) is 0 Å². The van der Waals surface area contributed by atoms with Gasteiger partial charge in [0.1, 0.15) is 5.78 Å². The lowest BCUT2D eigenvalue weighted by Gasteiger charge is -2.41. The standard InChI is InChI=1S/C14H19NO/c1-13(2)10-14(15,9-8-12(13)16)11-6-4-3-5-7-11/h3-7H,8-10,15H2,1-2H3. The predicted octanol–water partition coefficient (Wildman–Crippen LogP) is 2.62. The van der Waals surface area contributed by atoms with E-state index in [0.29, 0.717) is 12.2 Å². The monoisotopic (exact) mass is 217 g/mol. The van der Waals surface area contributed by atoms with Crippen LogP contribution in [0.3, 0.4) is 0 Å². The first-order valence-electron chi connectivity index (χ1n) is 5.82. The smallest absolute Gasteiger partial charge is 0.138 e. The van der Waals surface area contributed by atoms with Gasteiger partial charge < -0.3 is 5.73 Å². The Kier molecular flexibility index (Phi) is 2.62. The molecule has 1 saturated carbocycles. The summed E-state index contributed by atoms with van der Waals surface area (Å²) in [5.41, 5.74) is 6.99. The van der Waals surface area contributed by atoms with Crippen LogP contribution < -0.4 is 5.73 Å². The summed E-state index contributed by atoms with van der Waals surface area (Å²) in [4.78, 5) is 11.8. The van der Waals surface area contributed by atoms with Crippen LogP contribution in [-0.4, -0.2) is 5.78 Å². The Hall–Kier alpha value is -1.15. The Morgan fingerprint density at radius 3 is 2.38 bits per heavy atom. The van der Waals surface area contributed by atoms with Gasteiger partial charge in [0.15, 0.2) is 0 Å². The van der Waals surface area contributed by atoms with E-state index in [4.69, 9.17) is 5.73 Å². The van der Waals surface area contributed by atoms with Gasteiger partial charge in [-0.25, -0.2) is 0 Å². The van der Waals surface area contributed by atoms with Crippen molar-refractivity contribution in [3.8, 4) is 0 Å². The average Bonchev–Trinajstić information content (AvgIpc) is 2.25. The lowest BCUT2D eigenvalue weighted by Crippen LogP contribution is -2.47. The maximum Gasteiger partial charge on any atom is 0.138 e. The molecule has 0 heterocycles. The van der Waals surface area contributed by atoms with Crippen molar-refractivity contribution in [3.05, 3.63) is 35.9 Å². The normalized spacial score (nSPS) is 29.1. The Morgan fingerprint density at radius 1 is 1.19 bits per heavy atom. The number of ketones is 1. The molecule has 0 radical (unpaired) electrons. The zero-order chi connectivity index (χ0) is 11.8. The van der Waals surface area contributed by atoms with Crippen LogP contribution in [-0.2, 0) is 10.3 Å². The number of hydrogen-bond acceptors (Lipinski definition) is 2. The minimum atomic E-state index is -0.335. The van der Waals surface area contributed by atoms with Crippen molar-refractivity contribution in [2.75, 3.05) is 0 Å². The highest BCUT2D eigenvalue weighted by molar-refractivity contribution is 5.85. The van der Waals surface area contributed by atoms with Crippen molar-refractivity contribution >= 4 is 5.78 Å². The average molecular weight is 217 g/mol. The van der Waals surface area contributed by atoms with Crippen LogP contribution in [0.15, 0.2) is 30.3 Å². The van der Waals surface area contributed by atoms with Crippen molar-refractivity contribution in [1.29, 1.82) is 0 Å². The fourth-order valence-electron chi connectivity index (χ4n) is 2.67. The minimum absolute atomic E-state index is 0.289. The van der Waals surface area contributed by atoms with Gasteiger partial charge in [-0.15, -0.1) is 0 Å². The first-order chi connectivity index (χ1) is 7.44. The maximum atomic E-state index is 11.8. The molecule has 1 atom stereocenters. The molecule has 1 aliphatic carbocycles. The van der Waals surface area contributed by atoms with Crippen molar-refractivity contribution in [1.82, 2.24) is 0 Å². The van der Waals surface area contributed by atoms with E-state index < -0.39 is 0 Å². The summed E-state index contributed by atoms with van der Waals surface area (Å²) in [5.74, 6) is 0.338. The van der Waals surface area contributed by atoms with Gasteiger partial charge in [0.05, 0.1) is 0 Å². The molecule has 0 spiro atoms. The highest BCUT2D eigenvalue weighted by Gasteiger charge is 2.43. The van der Waals surface area contributed by atoms with Gasteiger partial charge >= 0.3 is 0 Å². The van der Waals surface area contributed by atoms with Crippen LogP contribution in [0.4, 0.5) is 0 Å². The van der Waals surface area contributed by atoms with E-state index in [0.717, 1.165) is 18.4 Å². The van der Waals surface area contributed by atoms with Crippen LogP contribution in [0.5, 0.6) is 0 Å². The van der Waals surface area contributed by atoms with Crippen LogP contribution in [0.1, 0.15) is 38.7 Å². The van der Waals surface area contributed by atoms with E-state index >= 15 is 0 Å². The Morgan fingerprint density at radius 2 is 1.81 bits per heavy atom. The van der Waals surface area contributed by atoms with E-state index in [9.17, 15) is 4.79 Å². The Balaban J connectivity index is 2.31. The van der Waals surface area contributed by atoms with Gasteiger partial charge in [-0.05, 0) is 18.4 Å². The molecule has 0 bridgehead atoms. The zero-order valence-electron chi connectivity index (χ0n) is 9.99. The van der Waals surface area contributed by atoms with Gasteiger partial charge in [0.25, 0.3) is 0 Å². The third-order valence-corrected chi connectivity index (χ3v) is 3.66. The summed E-state index contributed by atoms with van der Waals surface area (Å²) in [5, 5.41) is 0. The lowest BCUT2D eigenvalue weighted by atomic mass is 9.65. The molecule has 1 aliphatic rings. The third kappa shape index (κ3) is 1.90. The molecule has 0 aliphatic heterocycles. The number of carbonyl (C=O) groups is 1. The van der Waals surface area contributed by atoms with Crippen LogP contribution >= 0.6 is 0 Å². The highest BCUT2D eigenvalue weighted by Crippen LogP contribution is 2.42. The minimum Gasteiger partial charge on any atom is -0.321 e. The van der Waals surface area contributed by atoms with Gasteiger partial charge in [-0.1, -0.05) is 44.2 Å². The van der Waals surface area contributed by atoms with Gasteiger partial charge in [-0.3, -0.25) is 4.79 Å². The predicted molar refractivity (Wildman–Crippen MR) is 64.9 cm³/mol. The molecule has 2 heteroatoms. The van der Waals surface area contributed by atoms with E-state index in [1.54, 1.807) is 0 Å². The Labute approximate surface area is 96.8 Å². The summed E-state index contributed by atoms with van der Waals surface area (Å²) in [6, 6.07) is 10.1. The van der Waals surface area contributed by atoms with Crippen molar-refractivity contribution in [3.63, 3.8) is 0 Å². The molecule has 2 rings (SSSR count). The maximum absolute atomic E-state index is 11.8. The molecular formula is C14H19NO. The SMILES string of the molecule is CC1(C)CC(N)(c2ccccc2)CCC1=O. The molecule has 0 aromatic heterocycles. The van der Waals surface area contributed by atoms with Crippen LogP contribution in [0.25, 0.3) is 0 Å². The molecule has 1 aromatic carbocycles. The summed E-state index contributed by atoms with van der Waals surface area (Å²) in [6.45, 7) is 4.00. The van der Waals surface area contributed by atoms with Crippen molar-refractivity contribution in [2.24, 2.45) is 11.1 Å². The zero-order valence-corrected chi connectivity index (χ0v) is 9.99. The second-order valence-electron chi connectivity index (χ2n) is 5.51. The highest BCUT2D eigenvalue weighted by atomic mass is 16.1. The second kappa shape index (κ2) is 3.70. The molecule has 86 valence electrons. The number of carbonyl (C=O) groups excluding carboxylic acids is 1. The van der Waals surface area contributed by atoms with E-state index in [1.807, 2.05) is 32.0 Å². The fourth-order valence-corrected chi connectivity index (χ4v) is 2.67. The van der Waals surface area contributed by atoms with Gasteiger partial charge in [0, 0.05) is 17.4 Å². The number of benzene rings is 1. The van der Waals surface area contributed by atoms with Crippen molar-refractivity contribution < 1.29 is 4.79 Å². The number of Topliss-reactive ketones (excluding diaryl/α,β-unsaturated/α-hetero) is 1. The van der Waals surface area contributed by atoms with Crippen molar-refractivity contribution in [2.45, 2.75) is 38.6 Å². The molecule has 1 aromatic rings. The molecule has 16 heavy (non-hydrogen) atoms. The van der Waals surface area contributed by atoms with E-state index in [2.05, 4.69) is 12.1 Å². The first kappa shape index (κ1) is 11.3. The second-order valence-corrected chi connectivity index (χ2v) is 5.51. The molecule has 0 amide bonds. The molecular weight excluding hydrogens is 198 g/mol. The third-order valence-electron chi connectivity index (χ3n) is 3.66. The largest absolute Gasteiger partial charge is 0.321 e.